The molecular weight excluding hydrogens is 464 g/mol. The van der Waals surface area contributed by atoms with Gasteiger partial charge in [0.25, 0.3) is 20.2 Å². The largest absolute Gasteiger partial charge is 0.456 e. The van der Waals surface area contributed by atoms with Crippen LogP contribution in [0.2, 0.25) is 0 Å². The van der Waals surface area contributed by atoms with Crippen molar-refractivity contribution < 1.29 is 30.3 Å². The highest BCUT2D eigenvalue weighted by Gasteiger charge is 2.30. The van der Waals surface area contributed by atoms with Gasteiger partial charge in [-0.25, -0.2) is 0 Å². The molecule has 0 bridgehead atoms. The summed E-state index contributed by atoms with van der Waals surface area (Å²) in [6, 6.07) is 12.0. The molecular formula is C24H34O7S2. The van der Waals surface area contributed by atoms with Gasteiger partial charge in [0.05, 0.1) is 6.61 Å². The van der Waals surface area contributed by atoms with E-state index in [2.05, 4.69) is 6.92 Å². The Morgan fingerprint density at radius 1 is 0.727 bits per heavy atom. The van der Waals surface area contributed by atoms with Crippen molar-refractivity contribution in [3.05, 3.63) is 48.5 Å². The number of unbranched alkanes of at least 4 members (excludes halogenated alkanes) is 9. The van der Waals surface area contributed by atoms with E-state index in [1.807, 2.05) is 0 Å². The lowest BCUT2D eigenvalue weighted by Gasteiger charge is -2.14. The third-order valence-corrected chi connectivity index (χ3v) is 7.60. The van der Waals surface area contributed by atoms with Gasteiger partial charge in [-0.2, -0.15) is 16.8 Å². The van der Waals surface area contributed by atoms with Crippen molar-refractivity contribution >= 4 is 20.2 Å². The zero-order valence-corrected chi connectivity index (χ0v) is 20.7. The summed E-state index contributed by atoms with van der Waals surface area (Å²) in [6.07, 6.45) is 10.9. The van der Waals surface area contributed by atoms with Crippen molar-refractivity contribution in [3.8, 4) is 11.5 Å². The molecule has 9 heteroatoms. The maximum atomic E-state index is 12.7. The molecule has 2 aromatic rings. The zero-order valence-electron chi connectivity index (χ0n) is 19.1. The van der Waals surface area contributed by atoms with E-state index in [-0.39, 0.29) is 12.4 Å². The second kappa shape index (κ2) is 13.7. The van der Waals surface area contributed by atoms with Gasteiger partial charge in [0.15, 0.2) is 4.90 Å². The SMILES string of the molecule is CCCCCCCCCCCCOS(=O)(=O)c1cccc(Oc2ccccc2)c1S(=O)(=O)O. The van der Waals surface area contributed by atoms with E-state index in [0.717, 1.165) is 25.3 Å². The minimum absolute atomic E-state index is 0.0620. The van der Waals surface area contributed by atoms with Crippen LogP contribution in [0.15, 0.2) is 58.3 Å². The highest BCUT2D eigenvalue weighted by atomic mass is 32.2. The highest BCUT2D eigenvalue weighted by molar-refractivity contribution is 7.89. The van der Waals surface area contributed by atoms with Crippen LogP contribution >= 0.6 is 0 Å². The first-order valence-electron chi connectivity index (χ1n) is 11.5. The summed E-state index contributed by atoms with van der Waals surface area (Å²) >= 11 is 0. The minimum atomic E-state index is -4.91. The normalized spacial score (nSPS) is 12.1. The molecule has 0 heterocycles. The molecule has 2 rings (SSSR count). The second-order valence-electron chi connectivity index (χ2n) is 7.93. The van der Waals surface area contributed by atoms with Crippen LogP contribution in [-0.2, 0) is 24.4 Å². The Balaban J connectivity index is 1.94. The third kappa shape index (κ3) is 9.44. The van der Waals surface area contributed by atoms with Gasteiger partial charge in [0.1, 0.15) is 16.4 Å². The van der Waals surface area contributed by atoms with E-state index in [4.69, 9.17) is 8.92 Å². The molecule has 0 saturated heterocycles. The minimum Gasteiger partial charge on any atom is -0.456 e. The quantitative estimate of drug-likeness (QED) is 0.163. The topological polar surface area (TPSA) is 107 Å². The Labute approximate surface area is 198 Å². The fraction of sp³-hybridized carbons (Fsp3) is 0.500. The van der Waals surface area contributed by atoms with Gasteiger partial charge < -0.3 is 4.74 Å². The van der Waals surface area contributed by atoms with E-state index >= 15 is 0 Å². The van der Waals surface area contributed by atoms with E-state index in [1.54, 1.807) is 30.3 Å². The second-order valence-corrected chi connectivity index (χ2v) is 10.9. The summed E-state index contributed by atoms with van der Waals surface area (Å²) in [7, 11) is -9.32. The average Bonchev–Trinajstić information content (AvgIpc) is 2.77. The number of benzene rings is 2. The molecule has 0 spiro atoms. The molecule has 2 aromatic carbocycles. The van der Waals surface area contributed by atoms with Gasteiger partial charge in [-0.1, -0.05) is 89.0 Å². The lowest BCUT2D eigenvalue weighted by Crippen LogP contribution is -2.14. The zero-order chi connectivity index (χ0) is 24.2. The van der Waals surface area contributed by atoms with E-state index in [9.17, 15) is 21.4 Å². The van der Waals surface area contributed by atoms with Gasteiger partial charge >= 0.3 is 0 Å². The molecule has 184 valence electrons. The monoisotopic (exact) mass is 498 g/mol. The number of hydrogen-bond donors (Lipinski definition) is 1. The molecule has 0 aliphatic carbocycles. The van der Waals surface area contributed by atoms with Crippen molar-refractivity contribution in [1.29, 1.82) is 0 Å². The molecule has 33 heavy (non-hydrogen) atoms. The molecule has 7 nitrogen and oxygen atoms in total. The average molecular weight is 499 g/mol. The lowest BCUT2D eigenvalue weighted by atomic mass is 10.1. The van der Waals surface area contributed by atoms with Gasteiger partial charge in [0, 0.05) is 0 Å². The standard InChI is InChI=1S/C24H34O7S2/c1-2-3-4-5-6-7-8-9-10-14-20-30-33(28,29)23-19-15-18-22(24(23)32(25,26)27)31-21-16-12-11-13-17-21/h11-13,15-19H,2-10,14,20H2,1H3,(H,25,26,27). The fourth-order valence-electron chi connectivity index (χ4n) is 3.46. The van der Waals surface area contributed by atoms with Crippen molar-refractivity contribution in [2.24, 2.45) is 0 Å². The van der Waals surface area contributed by atoms with Crippen LogP contribution in [0.4, 0.5) is 0 Å². The summed E-state index contributed by atoms with van der Waals surface area (Å²) < 4.78 is 69.8. The maximum absolute atomic E-state index is 12.7. The summed E-state index contributed by atoms with van der Waals surface area (Å²) in [4.78, 5) is -1.48. The molecule has 1 N–H and O–H groups in total. The van der Waals surface area contributed by atoms with Crippen molar-refractivity contribution in [3.63, 3.8) is 0 Å². The molecule has 0 radical (unpaired) electrons. The molecule has 0 amide bonds. The predicted octanol–water partition coefficient (Wildman–Crippen LogP) is 6.35. The van der Waals surface area contributed by atoms with Crippen LogP contribution in [0.1, 0.15) is 71.1 Å². The Morgan fingerprint density at radius 2 is 1.30 bits per heavy atom. The first kappa shape index (κ1) is 27.3. The number of hydrogen-bond acceptors (Lipinski definition) is 6. The number of ether oxygens (including phenoxy) is 1. The Hall–Kier alpha value is -1.94. The highest BCUT2D eigenvalue weighted by Crippen LogP contribution is 2.34. The Bertz CT molecular complexity index is 1050. The number of rotatable bonds is 16. The molecule has 0 atom stereocenters. The summed E-state index contributed by atoms with van der Waals surface area (Å²) in [5, 5.41) is 0. The molecule has 0 fully saturated rings. The molecule has 0 unspecified atom stereocenters. The van der Waals surface area contributed by atoms with E-state index in [1.165, 1.54) is 50.7 Å². The summed E-state index contributed by atoms with van der Waals surface area (Å²) in [5.74, 6) is -0.00413. The first-order chi connectivity index (χ1) is 15.8. The van der Waals surface area contributed by atoms with Crippen LogP contribution in [0, 0.1) is 0 Å². The van der Waals surface area contributed by atoms with Crippen LogP contribution in [0.25, 0.3) is 0 Å². The maximum Gasteiger partial charge on any atom is 0.299 e. The van der Waals surface area contributed by atoms with Crippen LogP contribution in [0.3, 0.4) is 0 Å². The Kier molecular flexibility index (Phi) is 11.3. The molecule has 0 aliphatic rings. The number of para-hydroxylation sites is 1. The molecule has 0 aliphatic heterocycles. The van der Waals surface area contributed by atoms with Crippen LogP contribution < -0.4 is 4.74 Å². The fourth-order valence-corrected chi connectivity index (χ4v) is 5.81. The summed E-state index contributed by atoms with van der Waals surface area (Å²) in [6.45, 7) is 2.13. The lowest BCUT2D eigenvalue weighted by molar-refractivity contribution is 0.304. The first-order valence-corrected chi connectivity index (χ1v) is 14.3. The Morgan fingerprint density at radius 3 is 1.88 bits per heavy atom. The van der Waals surface area contributed by atoms with Gasteiger partial charge in [0.2, 0.25) is 0 Å². The predicted molar refractivity (Wildman–Crippen MR) is 128 cm³/mol. The van der Waals surface area contributed by atoms with Crippen molar-refractivity contribution in [2.45, 2.75) is 80.9 Å². The summed E-state index contributed by atoms with van der Waals surface area (Å²) in [5.41, 5.74) is 0. The van der Waals surface area contributed by atoms with Crippen molar-refractivity contribution in [2.75, 3.05) is 6.61 Å². The molecule has 0 saturated carbocycles. The van der Waals surface area contributed by atoms with Crippen LogP contribution in [-0.4, -0.2) is 28.0 Å². The van der Waals surface area contributed by atoms with Crippen molar-refractivity contribution in [1.82, 2.24) is 0 Å². The van der Waals surface area contributed by atoms with Gasteiger partial charge in [-0.3, -0.25) is 8.74 Å². The van der Waals surface area contributed by atoms with Crippen LogP contribution in [0.5, 0.6) is 11.5 Å². The van der Waals surface area contributed by atoms with E-state index < -0.39 is 30.0 Å². The van der Waals surface area contributed by atoms with E-state index in [0.29, 0.717) is 12.2 Å². The third-order valence-electron chi connectivity index (χ3n) is 5.18. The molecule has 0 aromatic heterocycles. The van der Waals surface area contributed by atoms with Gasteiger partial charge in [-0.05, 0) is 30.7 Å². The van der Waals surface area contributed by atoms with Gasteiger partial charge in [-0.15, -0.1) is 0 Å². The smallest absolute Gasteiger partial charge is 0.299 e.